The zero-order valence-corrected chi connectivity index (χ0v) is 9.94. The summed E-state index contributed by atoms with van der Waals surface area (Å²) in [6.45, 7) is 0. The van der Waals surface area contributed by atoms with Crippen LogP contribution in [0.5, 0.6) is 0 Å². The third-order valence-electron chi connectivity index (χ3n) is 3.74. The summed E-state index contributed by atoms with van der Waals surface area (Å²) in [6.07, 6.45) is 12.8. The monoisotopic (exact) mass is 218 g/mol. The topological polar surface area (TPSA) is 38.9 Å². The van der Waals surface area contributed by atoms with Gasteiger partial charge in [-0.1, -0.05) is 25.3 Å². The third kappa shape index (κ3) is 3.31. The minimum Gasteiger partial charge on any atom is -0.327 e. The van der Waals surface area contributed by atoms with Crippen LogP contribution in [0.3, 0.4) is 0 Å². The fourth-order valence-corrected chi connectivity index (χ4v) is 2.68. The summed E-state index contributed by atoms with van der Waals surface area (Å²) >= 11 is 0. The van der Waals surface area contributed by atoms with Crippen molar-refractivity contribution in [2.75, 3.05) is 0 Å². The Morgan fingerprint density at radius 2 is 2.12 bits per heavy atom. The highest BCUT2D eigenvalue weighted by Crippen LogP contribution is 2.27. The fraction of sp³-hybridized carbons (Fsp3) is 0.643. The van der Waals surface area contributed by atoms with E-state index in [4.69, 9.17) is 5.73 Å². The van der Waals surface area contributed by atoms with Gasteiger partial charge in [0, 0.05) is 18.4 Å². The summed E-state index contributed by atoms with van der Waals surface area (Å²) in [5, 5.41) is 0. The highest BCUT2D eigenvalue weighted by Gasteiger charge is 2.19. The average Bonchev–Trinajstić information content (AvgIpc) is 2.38. The summed E-state index contributed by atoms with van der Waals surface area (Å²) in [5.74, 6) is 0.769. The van der Waals surface area contributed by atoms with E-state index < -0.39 is 0 Å². The van der Waals surface area contributed by atoms with Crippen molar-refractivity contribution in [3.8, 4) is 0 Å². The molecule has 2 N–H and O–H groups in total. The van der Waals surface area contributed by atoms with Crippen LogP contribution in [0.25, 0.3) is 0 Å². The van der Waals surface area contributed by atoms with Crippen molar-refractivity contribution in [1.29, 1.82) is 0 Å². The highest BCUT2D eigenvalue weighted by atomic mass is 14.7. The van der Waals surface area contributed by atoms with Gasteiger partial charge in [-0.2, -0.15) is 0 Å². The molecule has 16 heavy (non-hydrogen) atoms. The maximum Gasteiger partial charge on any atom is 0.0299 e. The number of aryl methyl sites for hydroxylation is 1. The molecule has 1 saturated carbocycles. The zero-order chi connectivity index (χ0) is 11.2. The summed E-state index contributed by atoms with van der Waals surface area (Å²) < 4.78 is 0. The van der Waals surface area contributed by atoms with Crippen LogP contribution in [0.2, 0.25) is 0 Å². The normalized spacial score (nSPS) is 19.6. The van der Waals surface area contributed by atoms with Gasteiger partial charge in [0.2, 0.25) is 0 Å². The molecular formula is C14H22N2. The molecule has 0 radical (unpaired) electrons. The molecule has 0 saturated heterocycles. The molecule has 1 unspecified atom stereocenters. The average molecular weight is 218 g/mol. The highest BCUT2D eigenvalue weighted by molar-refractivity contribution is 5.08. The quantitative estimate of drug-likeness (QED) is 0.844. The number of pyridine rings is 1. The largest absolute Gasteiger partial charge is 0.327 e. The number of aromatic nitrogens is 1. The van der Waals surface area contributed by atoms with Gasteiger partial charge in [-0.25, -0.2) is 0 Å². The van der Waals surface area contributed by atoms with Gasteiger partial charge in [-0.15, -0.1) is 0 Å². The molecule has 0 bridgehead atoms. The Morgan fingerprint density at radius 1 is 1.31 bits per heavy atom. The summed E-state index contributed by atoms with van der Waals surface area (Å²) in [4.78, 5) is 4.13. The third-order valence-corrected chi connectivity index (χ3v) is 3.74. The van der Waals surface area contributed by atoms with Crippen molar-refractivity contribution >= 4 is 0 Å². The molecule has 1 heterocycles. The molecule has 1 aliphatic carbocycles. The fourth-order valence-electron chi connectivity index (χ4n) is 2.68. The maximum absolute atomic E-state index is 6.28. The molecule has 1 atom stereocenters. The van der Waals surface area contributed by atoms with Crippen molar-refractivity contribution in [2.45, 2.75) is 51.0 Å². The van der Waals surface area contributed by atoms with Gasteiger partial charge in [0.05, 0.1) is 0 Å². The van der Waals surface area contributed by atoms with Crippen LogP contribution in [-0.2, 0) is 6.42 Å². The summed E-state index contributed by atoms with van der Waals surface area (Å²) in [6, 6.07) is 4.53. The Balaban J connectivity index is 1.76. The first-order valence-corrected chi connectivity index (χ1v) is 6.51. The van der Waals surface area contributed by atoms with E-state index >= 15 is 0 Å². The van der Waals surface area contributed by atoms with Gasteiger partial charge in [0.25, 0.3) is 0 Å². The molecule has 1 fully saturated rings. The van der Waals surface area contributed by atoms with Crippen LogP contribution in [0.4, 0.5) is 0 Å². The lowest BCUT2D eigenvalue weighted by atomic mass is 9.82. The lowest BCUT2D eigenvalue weighted by molar-refractivity contribution is 0.295. The second-order valence-corrected chi connectivity index (χ2v) is 4.96. The molecule has 2 rings (SSSR count). The van der Waals surface area contributed by atoms with E-state index in [0.29, 0.717) is 6.04 Å². The van der Waals surface area contributed by atoms with E-state index in [1.807, 2.05) is 18.5 Å². The number of hydrogen-bond donors (Lipinski definition) is 1. The molecule has 1 aliphatic rings. The Hall–Kier alpha value is -0.890. The molecule has 0 amide bonds. The van der Waals surface area contributed by atoms with Crippen molar-refractivity contribution in [2.24, 2.45) is 11.7 Å². The minimum atomic E-state index is 0.389. The molecule has 88 valence electrons. The van der Waals surface area contributed by atoms with E-state index in [2.05, 4.69) is 11.1 Å². The molecule has 0 aromatic carbocycles. The van der Waals surface area contributed by atoms with Crippen LogP contribution < -0.4 is 5.73 Å². The van der Waals surface area contributed by atoms with Gasteiger partial charge < -0.3 is 5.73 Å². The van der Waals surface area contributed by atoms with Gasteiger partial charge >= 0.3 is 0 Å². The van der Waals surface area contributed by atoms with Crippen molar-refractivity contribution in [3.05, 3.63) is 30.1 Å². The molecular weight excluding hydrogens is 196 g/mol. The Bertz CT molecular complexity index is 291. The van der Waals surface area contributed by atoms with E-state index in [1.165, 1.54) is 37.7 Å². The van der Waals surface area contributed by atoms with Crippen LogP contribution in [0.15, 0.2) is 24.5 Å². The van der Waals surface area contributed by atoms with E-state index in [1.54, 1.807) is 0 Å². The van der Waals surface area contributed by atoms with Gasteiger partial charge in [0.15, 0.2) is 0 Å². The molecule has 2 heteroatoms. The predicted molar refractivity (Wildman–Crippen MR) is 67.1 cm³/mol. The van der Waals surface area contributed by atoms with Crippen molar-refractivity contribution in [3.63, 3.8) is 0 Å². The molecule has 1 aromatic heterocycles. The molecule has 2 nitrogen and oxygen atoms in total. The van der Waals surface area contributed by atoms with Gasteiger partial charge in [-0.3, -0.25) is 4.98 Å². The SMILES string of the molecule is NC(CCc1cccnc1)C1CCCCC1. The Labute approximate surface area is 98.3 Å². The Morgan fingerprint density at radius 3 is 2.81 bits per heavy atom. The van der Waals surface area contributed by atoms with Crippen molar-refractivity contribution in [1.82, 2.24) is 4.98 Å². The lowest BCUT2D eigenvalue weighted by Crippen LogP contribution is -2.32. The molecule has 0 aliphatic heterocycles. The first-order chi connectivity index (χ1) is 7.86. The standard InChI is InChI=1S/C14H22N2/c15-14(13-6-2-1-3-7-13)9-8-12-5-4-10-16-11-12/h4-5,10-11,13-14H,1-3,6-9,15H2. The van der Waals surface area contributed by atoms with Crippen LogP contribution in [-0.4, -0.2) is 11.0 Å². The first-order valence-electron chi connectivity index (χ1n) is 6.51. The van der Waals surface area contributed by atoms with E-state index in [9.17, 15) is 0 Å². The minimum absolute atomic E-state index is 0.389. The Kier molecular flexibility index (Phi) is 4.34. The molecule has 1 aromatic rings. The first kappa shape index (κ1) is 11.6. The second-order valence-electron chi connectivity index (χ2n) is 4.96. The second kappa shape index (κ2) is 6.00. The molecule has 0 spiro atoms. The maximum atomic E-state index is 6.28. The summed E-state index contributed by atoms with van der Waals surface area (Å²) in [7, 11) is 0. The summed E-state index contributed by atoms with van der Waals surface area (Å²) in [5.41, 5.74) is 7.59. The predicted octanol–water partition coefficient (Wildman–Crippen LogP) is 2.92. The number of hydrogen-bond acceptors (Lipinski definition) is 2. The van der Waals surface area contributed by atoms with E-state index in [0.717, 1.165) is 18.8 Å². The van der Waals surface area contributed by atoms with Crippen LogP contribution >= 0.6 is 0 Å². The number of rotatable bonds is 4. The smallest absolute Gasteiger partial charge is 0.0299 e. The van der Waals surface area contributed by atoms with Crippen LogP contribution in [0.1, 0.15) is 44.1 Å². The zero-order valence-electron chi connectivity index (χ0n) is 9.94. The van der Waals surface area contributed by atoms with Gasteiger partial charge in [-0.05, 0) is 43.2 Å². The van der Waals surface area contributed by atoms with E-state index in [-0.39, 0.29) is 0 Å². The lowest BCUT2D eigenvalue weighted by Gasteiger charge is -2.27. The van der Waals surface area contributed by atoms with Crippen molar-refractivity contribution < 1.29 is 0 Å². The number of nitrogens with two attached hydrogens (primary N) is 1. The van der Waals surface area contributed by atoms with Crippen LogP contribution in [0, 0.1) is 5.92 Å². The number of nitrogens with zero attached hydrogens (tertiary/aromatic N) is 1. The van der Waals surface area contributed by atoms with Gasteiger partial charge in [0.1, 0.15) is 0 Å².